The Bertz CT molecular complexity index is 918. The molecule has 134 valence electrons. The molecule has 0 aliphatic heterocycles. The van der Waals surface area contributed by atoms with E-state index in [1.54, 1.807) is 6.20 Å². The highest BCUT2D eigenvalue weighted by molar-refractivity contribution is 7.80. The molecule has 6 heteroatoms. The van der Waals surface area contributed by atoms with Crippen molar-refractivity contribution in [3.8, 4) is 0 Å². The number of hydrogen-bond donors (Lipinski definition) is 2. The molecule has 1 aromatic heterocycles. The third-order valence-corrected chi connectivity index (χ3v) is 4.71. The third-order valence-electron chi connectivity index (χ3n) is 4.24. The molecule has 1 heterocycles. The van der Waals surface area contributed by atoms with Gasteiger partial charge < -0.3 is 15.2 Å². The molecule has 0 radical (unpaired) electrons. The lowest BCUT2D eigenvalue weighted by atomic mass is 10.1. The average molecular weight is 385 g/mol. The number of nitrogens with one attached hydrogen (secondary N) is 2. The molecule has 0 saturated heterocycles. The molecule has 26 heavy (non-hydrogen) atoms. The topological polar surface area (TPSA) is 41.9 Å². The Morgan fingerprint density at radius 1 is 1.15 bits per heavy atom. The predicted octanol–water partition coefficient (Wildman–Crippen LogP) is 4.77. The Morgan fingerprint density at radius 3 is 2.54 bits per heavy atom. The van der Waals surface area contributed by atoms with Crippen LogP contribution in [0.1, 0.15) is 28.6 Å². The molecule has 0 saturated carbocycles. The van der Waals surface area contributed by atoms with Gasteiger partial charge in [0.15, 0.2) is 5.11 Å². The lowest BCUT2D eigenvalue weighted by Gasteiger charge is -2.22. The van der Waals surface area contributed by atoms with E-state index >= 15 is 0 Å². The Morgan fingerprint density at radius 2 is 1.88 bits per heavy atom. The van der Waals surface area contributed by atoms with E-state index in [4.69, 9.17) is 23.8 Å². The fraction of sp³-hybridized carbons (Fsp3) is 0.200. The number of halogens is 1. The second kappa shape index (κ2) is 7.89. The lowest BCUT2D eigenvalue weighted by molar-refractivity contribution is 0.664. The van der Waals surface area contributed by atoms with E-state index in [-0.39, 0.29) is 6.04 Å². The van der Waals surface area contributed by atoms with Gasteiger partial charge in [0.2, 0.25) is 0 Å². The van der Waals surface area contributed by atoms with Crippen LogP contribution in [0, 0.1) is 13.8 Å². The van der Waals surface area contributed by atoms with Crippen LogP contribution in [0.15, 0.2) is 54.9 Å². The first kappa shape index (κ1) is 18.4. The minimum atomic E-state index is -0.183. The number of thiocarbonyl (C=S) groups is 1. The van der Waals surface area contributed by atoms with Gasteiger partial charge in [-0.3, -0.25) is 0 Å². The van der Waals surface area contributed by atoms with Gasteiger partial charge in [0, 0.05) is 30.2 Å². The maximum atomic E-state index is 6.04. The molecule has 0 bridgehead atoms. The van der Waals surface area contributed by atoms with Crippen molar-refractivity contribution in [2.24, 2.45) is 7.05 Å². The molecule has 2 N–H and O–H groups in total. The number of aryl methyl sites for hydroxylation is 3. The van der Waals surface area contributed by atoms with Gasteiger partial charge in [0.05, 0.1) is 0 Å². The van der Waals surface area contributed by atoms with Crippen molar-refractivity contribution in [1.29, 1.82) is 0 Å². The number of hydrogen-bond acceptors (Lipinski definition) is 2. The van der Waals surface area contributed by atoms with Crippen LogP contribution < -0.4 is 10.6 Å². The maximum absolute atomic E-state index is 6.04. The van der Waals surface area contributed by atoms with E-state index in [2.05, 4.69) is 47.7 Å². The van der Waals surface area contributed by atoms with Gasteiger partial charge in [0.25, 0.3) is 0 Å². The van der Waals surface area contributed by atoms with Crippen molar-refractivity contribution in [2.45, 2.75) is 19.9 Å². The Balaban J connectivity index is 1.86. The largest absolute Gasteiger partial charge is 0.348 e. The zero-order valence-electron chi connectivity index (χ0n) is 15.0. The summed E-state index contributed by atoms with van der Waals surface area (Å²) in [5.41, 5.74) is 4.35. The van der Waals surface area contributed by atoms with E-state index in [0.717, 1.165) is 22.6 Å². The summed E-state index contributed by atoms with van der Waals surface area (Å²) in [5.74, 6) is 0.873. The first-order chi connectivity index (χ1) is 12.4. The molecular formula is C20H21ClN4S. The SMILES string of the molecule is Cc1ccc(C)c(NC(=S)N[C@H](c2ccc(Cl)cc2)c2nccn2C)c1. The minimum absolute atomic E-state index is 0.183. The molecule has 0 aliphatic carbocycles. The van der Waals surface area contributed by atoms with E-state index in [0.29, 0.717) is 10.1 Å². The second-order valence-electron chi connectivity index (χ2n) is 6.30. The van der Waals surface area contributed by atoms with Gasteiger partial charge in [-0.05, 0) is 61.0 Å². The van der Waals surface area contributed by atoms with Gasteiger partial charge in [-0.25, -0.2) is 4.98 Å². The summed E-state index contributed by atoms with van der Waals surface area (Å²) >= 11 is 11.6. The fourth-order valence-corrected chi connectivity index (χ4v) is 3.12. The molecule has 2 aromatic carbocycles. The molecular weight excluding hydrogens is 364 g/mol. The van der Waals surface area contributed by atoms with Crippen molar-refractivity contribution in [2.75, 3.05) is 5.32 Å². The number of imidazole rings is 1. The summed E-state index contributed by atoms with van der Waals surface area (Å²) in [6.07, 6.45) is 3.70. The van der Waals surface area contributed by atoms with Crippen LogP contribution in [0.3, 0.4) is 0 Å². The van der Waals surface area contributed by atoms with Crippen molar-refractivity contribution in [3.05, 3.63) is 82.4 Å². The van der Waals surface area contributed by atoms with Crippen molar-refractivity contribution in [3.63, 3.8) is 0 Å². The molecule has 0 unspecified atom stereocenters. The second-order valence-corrected chi connectivity index (χ2v) is 7.14. The highest BCUT2D eigenvalue weighted by Crippen LogP contribution is 2.23. The minimum Gasteiger partial charge on any atom is -0.348 e. The summed E-state index contributed by atoms with van der Waals surface area (Å²) in [6, 6.07) is 13.8. The lowest BCUT2D eigenvalue weighted by Crippen LogP contribution is -2.34. The highest BCUT2D eigenvalue weighted by atomic mass is 35.5. The first-order valence-corrected chi connectivity index (χ1v) is 9.10. The molecule has 0 spiro atoms. The van der Waals surface area contributed by atoms with Crippen LogP contribution in [-0.4, -0.2) is 14.7 Å². The first-order valence-electron chi connectivity index (χ1n) is 8.31. The van der Waals surface area contributed by atoms with Gasteiger partial charge in [-0.1, -0.05) is 35.9 Å². The summed E-state index contributed by atoms with van der Waals surface area (Å²) < 4.78 is 1.98. The summed E-state index contributed by atoms with van der Waals surface area (Å²) in [4.78, 5) is 4.49. The molecule has 3 aromatic rings. The average Bonchev–Trinajstić information content (AvgIpc) is 3.03. The van der Waals surface area contributed by atoms with Crippen molar-refractivity contribution < 1.29 is 0 Å². The summed E-state index contributed by atoms with van der Waals surface area (Å²) in [7, 11) is 1.97. The van der Waals surface area contributed by atoms with Gasteiger partial charge in [-0.15, -0.1) is 0 Å². The third kappa shape index (κ3) is 4.23. The molecule has 1 atom stereocenters. The smallest absolute Gasteiger partial charge is 0.171 e. The molecule has 3 rings (SSSR count). The highest BCUT2D eigenvalue weighted by Gasteiger charge is 2.19. The molecule has 4 nitrogen and oxygen atoms in total. The van der Waals surface area contributed by atoms with E-state index < -0.39 is 0 Å². The van der Waals surface area contributed by atoms with Gasteiger partial charge >= 0.3 is 0 Å². The zero-order valence-corrected chi connectivity index (χ0v) is 16.5. The van der Waals surface area contributed by atoms with Crippen LogP contribution in [0.2, 0.25) is 5.02 Å². The Hall–Kier alpha value is -2.37. The van der Waals surface area contributed by atoms with Gasteiger partial charge in [0.1, 0.15) is 11.9 Å². The molecule has 0 aliphatic rings. The molecule has 0 fully saturated rings. The summed E-state index contributed by atoms with van der Waals surface area (Å²) in [6.45, 7) is 4.12. The zero-order chi connectivity index (χ0) is 18.7. The maximum Gasteiger partial charge on any atom is 0.171 e. The monoisotopic (exact) mass is 384 g/mol. The van der Waals surface area contributed by atoms with Crippen LogP contribution in [0.5, 0.6) is 0 Å². The Kier molecular flexibility index (Phi) is 5.59. The normalized spacial score (nSPS) is 11.8. The van der Waals surface area contributed by atoms with E-state index in [1.807, 2.05) is 42.1 Å². The van der Waals surface area contributed by atoms with Crippen LogP contribution in [0.4, 0.5) is 5.69 Å². The van der Waals surface area contributed by atoms with Crippen molar-refractivity contribution in [1.82, 2.24) is 14.9 Å². The molecule has 0 amide bonds. The fourth-order valence-electron chi connectivity index (χ4n) is 2.77. The number of rotatable bonds is 4. The van der Waals surface area contributed by atoms with Crippen LogP contribution >= 0.6 is 23.8 Å². The van der Waals surface area contributed by atoms with Crippen LogP contribution in [-0.2, 0) is 7.05 Å². The predicted molar refractivity (Wildman–Crippen MR) is 112 cm³/mol. The van der Waals surface area contributed by atoms with Crippen molar-refractivity contribution >= 4 is 34.6 Å². The number of aromatic nitrogens is 2. The number of benzene rings is 2. The van der Waals surface area contributed by atoms with Crippen LogP contribution in [0.25, 0.3) is 0 Å². The standard InChI is InChI=1S/C20H21ClN4S/c1-13-4-5-14(2)17(12-13)23-20(26)24-18(19-22-10-11-25(19)3)15-6-8-16(21)9-7-15/h4-12,18H,1-3H3,(H2,23,24,26)/t18-/m1/s1. The Labute approximate surface area is 164 Å². The number of anilines is 1. The summed E-state index contributed by atoms with van der Waals surface area (Å²) in [5, 5.41) is 7.93. The van der Waals surface area contributed by atoms with E-state index in [9.17, 15) is 0 Å². The quantitative estimate of drug-likeness (QED) is 0.636. The van der Waals surface area contributed by atoms with Gasteiger partial charge in [-0.2, -0.15) is 0 Å². The van der Waals surface area contributed by atoms with E-state index in [1.165, 1.54) is 5.56 Å². The number of nitrogens with zero attached hydrogens (tertiary/aromatic N) is 2.